The van der Waals surface area contributed by atoms with E-state index in [0.717, 1.165) is 6.42 Å². The van der Waals surface area contributed by atoms with Gasteiger partial charge in [-0.15, -0.1) is 0 Å². The number of hydrogen-bond donors (Lipinski definition) is 1. The minimum atomic E-state index is -1.08. The molecule has 7 nitrogen and oxygen atoms in total. The summed E-state index contributed by atoms with van der Waals surface area (Å²) in [5, 5.41) is 14.4. The van der Waals surface area contributed by atoms with Crippen LogP contribution in [0.3, 0.4) is 0 Å². The monoisotopic (exact) mass is 372 g/mol. The van der Waals surface area contributed by atoms with Crippen molar-refractivity contribution in [1.29, 1.82) is 0 Å². The minimum absolute atomic E-state index is 0.0970. The van der Waals surface area contributed by atoms with E-state index in [2.05, 4.69) is 5.32 Å². The molecule has 0 fully saturated rings. The molecule has 0 aromatic heterocycles. The quantitative estimate of drug-likeness (QED) is 0.433. The summed E-state index contributed by atoms with van der Waals surface area (Å²) >= 11 is 6.47. The highest BCUT2D eigenvalue weighted by molar-refractivity contribution is 6.35. The normalized spacial score (nSPS) is 12.6. The fourth-order valence-corrected chi connectivity index (χ4v) is 2.76. The Bertz CT molecular complexity index is 655. The van der Waals surface area contributed by atoms with Gasteiger partial charge in [-0.3, -0.25) is 10.1 Å². The van der Waals surface area contributed by atoms with Crippen molar-refractivity contribution in [2.45, 2.75) is 52.7 Å². The molecular weight excluding hydrogens is 348 g/mol. The Kier molecular flexibility index (Phi) is 7.19. The second-order valence-corrected chi connectivity index (χ2v) is 7.01. The maximum atomic E-state index is 12.3. The second-order valence-electron chi connectivity index (χ2n) is 6.63. The van der Waals surface area contributed by atoms with Gasteiger partial charge in [0.25, 0.3) is 5.69 Å². The summed E-state index contributed by atoms with van der Waals surface area (Å²) in [5.74, 6) is -0.616. The number of rotatable bonds is 7. The van der Waals surface area contributed by atoms with E-state index in [4.69, 9.17) is 21.1 Å². The number of carbonyl (C=O) groups excluding carboxylic acids is 1. The van der Waals surface area contributed by atoms with Crippen molar-refractivity contribution in [2.24, 2.45) is 0 Å². The van der Waals surface area contributed by atoms with Crippen LogP contribution in [-0.4, -0.2) is 30.1 Å². The summed E-state index contributed by atoms with van der Waals surface area (Å²) in [6.07, 6.45) is -0.323. The fraction of sp³-hybridized carbons (Fsp3) is 0.588. The number of aryl methyl sites for hydroxylation is 1. The molecule has 0 heterocycles. The Balaban J connectivity index is 3.59. The maximum absolute atomic E-state index is 12.3. The smallest absolute Gasteiger partial charge is 0.339 e. The summed E-state index contributed by atoms with van der Waals surface area (Å²) in [6.45, 7) is 9.49. The zero-order valence-corrected chi connectivity index (χ0v) is 16.2. The van der Waals surface area contributed by atoms with Crippen LogP contribution < -0.4 is 5.32 Å². The number of nitrogens with zero attached hydrogens (tertiary/aromatic N) is 1. The van der Waals surface area contributed by atoms with Crippen LogP contribution in [0.1, 0.15) is 51.3 Å². The van der Waals surface area contributed by atoms with Crippen molar-refractivity contribution < 1.29 is 19.2 Å². The van der Waals surface area contributed by atoms with Crippen molar-refractivity contribution >= 4 is 28.9 Å². The Morgan fingerprint density at radius 2 is 2.04 bits per heavy atom. The van der Waals surface area contributed by atoms with Crippen molar-refractivity contribution in [3.05, 3.63) is 32.3 Å². The lowest BCUT2D eigenvalue weighted by molar-refractivity contribution is -0.384. The Hall–Kier alpha value is -1.86. The number of nitro benzene ring substituents is 1. The van der Waals surface area contributed by atoms with Gasteiger partial charge in [0, 0.05) is 18.2 Å². The zero-order chi connectivity index (χ0) is 19.4. The predicted molar refractivity (Wildman–Crippen MR) is 97.2 cm³/mol. The van der Waals surface area contributed by atoms with Gasteiger partial charge < -0.3 is 14.8 Å². The molecule has 1 unspecified atom stereocenters. The molecule has 1 aromatic carbocycles. The van der Waals surface area contributed by atoms with E-state index in [1.54, 1.807) is 27.7 Å². The molecule has 0 aliphatic heterocycles. The molecule has 1 aromatic rings. The average Bonchev–Trinajstić information content (AvgIpc) is 2.50. The molecule has 1 rings (SSSR count). The highest BCUT2D eigenvalue weighted by Gasteiger charge is 2.34. The third kappa shape index (κ3) is 5.31. The van der Waals surface area contributed by atoms with Gasteiger partial charge in [0.2, 0.25) is 0 Å². The number of hydrogen-bond acceptors (Lipinski definition) is 6. The van der Waals surface area contributed by atoms with Crippen molar-refractivity contribution in [1.82, 2.24) is 0 Å². The first-order valence-electron chi connectivity index (χ1n) is 8.00. The molecule has 0 spiro atoms. The lowest BCUT2D eigenvalue weighted by Gasteiger charge is -2.28. The molecular formula is C17H25ClN2O5. The molecule has 0 bridgehead atoms. The Morgan fingerprint density at radius 1 is 1.44 bits per heavy atom. The molecule has 0 aliphatic rings. The van der Waals surface area contributed by atoms with E-state index < -0.39 is 22.6 Å². The van der Waals surface area contributed by atoms with Crippen LogP contribution in [0, 0.1) is 17.0 Å². The Morgan fingerprint density at radius 3 is 2.48 bits per heavy atom. The van der Waals surface area contributed by atoms with Crippen molar-refractivity contribution in [3.63, 3.8) is 0 Å². The van der Waals surface area contributed by atoms with Gasteiger partial charge >= 0.3 is 5.97 Å². The zero-order valence-electron chi connectivity index (χ0n) is 15.4. The van der Waals surface area contributed by atoms with Crippen LogP contribution in [0.5, 0.6) is 0 Å². The van der Waals surface area contributed by atoms with Gasteiger partial charge in [-0.1, -0.05) is 18.5 Å². The first-order valence-corrected chi connectivity index (χ1v) is 8.38. The summed E-state index contributed by atoms with van der Waals surface area (Å²) in [4.78, 5) is 23.2. The molecule has 0 amide bonds. The topological polar surface area (TPSA) is 90.7 Å². The fourth-order valence-electron chi connectivity index (χ4n) is 2.34. The average molecular weight is 373 g/mol. The Labute approximate surface area is 152 Å². The lowest BCUT2D eigenvalue weighted by atomic mass is 9.99. The van der Waals surface area contributed by atoms with E-state index >= 15 is 0 Å². The first kappa shape index (κ1) is 21.2. The van der Waals surface area contributed by atoms with Crippen LogP contribution >= 0.6 is 11.6 Å². The predicted octanol–water partition coefficient (Wildman–Crippen LogP) is 4.41. The molecule has 0 aliphatic carbocycles. The van der Waals surface area contributed by atoms with E-state index in [0.29, 0.717) is 17.7 Å². The van der Waals surface area contributed by atoms with Crippen LogP contribution in [0.2, 0.25) is 5.02 Å². The number of anilines is 1. The third-order valence-electron chi connectivity index (χ3n) is 3.39. The molecule has 1 N–H and O–H groups in total. The third-order valence-corrected chi connectivity index (χ3v) is 3.78. The van der Waals surface area contributed by atoms with Crippen molar-refractivity contribution in [2.75, 3.05) is 19.0 Å². The summed E-state index contributed by atoms with van der Waals surface area (Å²) in [7, 11) is 1.26. The van der Waals surface area contributed by atoms with Crippen molar-refractivity contribution in [3.8, 4) is 0 Å². The summed E-state index contributed by atoms with van der Waals surface area (Å²) in [5.41, 5.74) is 0.249. The number of methoxy groups -OCH3 is 1. The number of carbonyl (C=O) groups is 1. The van der Waals surface area contributed by atoms with Crippen LogP contribution in [-0.2, 0) is 14.3 Å². The number of nitro groups is 1. The molecule has 25 heavy (non-hydrogen) atoms. The molecule has 8 heteroatoms. The highest BCUT2D eigenvalue weighted by atomic mass is 35.5. The number of nitrogens with one attached hydrogen (secondary N) is 1. The lowest BCUT2D eigenvalue weighted by Crippen LogP contribution is -2.29. The van der Waals surface area contributed by atoms with E-state index in [1.165, 1.54) is 13.2 Å². The number of ether oxygens (including phenoxy) is 2. The van der Waals surface area contributed by atoms with Crippen LogP contribution in [0.25, 0.3) is 0 Å². The molecule has 0 saturated carbocycles. The highest BCUT2D eigenvalue weighted by Crippen LogP contribution is 2.42. The van der Waals surface area contributed by atoms with Crippen LogP contribution in [0.4, 0.5) is 11.4 Å². The number of benzene rings is 1. The molecule has 1 atom stereocenters. The van der Waals surface area contributed by atoms with Gasteiger partial charge in [-0.05, 0) is 39.7 Å². The number of halogens is 1. The van der Waals surface area contributed by atoms with E-state index in [-0.39, 0.29) is 16.4 Å². The van der Waals surface area contributed by atoms with Gasteiger partial charge in [0.1, 0.15) is 5.69 Å². The molecule has 0 saturated heterocycles. The first-order chi connectivity index (χ1) is 11.5. The summed E-state index contributed by atoms with van der Waals surface area (Å²) in [6, 6.07) is 1.39. The number of esters is 1. The second kappa shape index (κ2) is 8.49. The van der Waals surface area contributed by atoms with Gasteiger partial charge in [0.15, 0.2) is 6.10 Å². The standard InChI is InChI=1S/C17H25ClN2O5/c1-7-8-19-14-11(20(22)23)9-10(2)12(13(14)18)15(16(21)24-6)25-17(3,4)5/h9,15,19H,7-8H2,1-6H3. The minimum Gasteiger partial charge on any atom is -0.467 e. The molecule has 0 radical (unpaired) electrons. The maximum Gasteiger partial charge on any atom is 0.339 e. The largest absolute Gasteiger partial charge is 0.467 e. The van der Waals surface area contributed by atoms with E-state index in [9.17, 15) is 14.9 Å². The molecule has 140 valence electrons. The van der Waals surface area contributed by atoms with Gasteiger partial charge in [-0.25, -0.2) is 4.79 Å². The van der Waals surface area contributed by atoms with E-state index in [1.807, 2.05) is 6.92 Å². The SMILES string of the molecule is CCCNc1c([N+](=O)[O-])cc(C)c(C(OC(C)(C)C)C(=O)OC)c1Cl. The van der Waals surface area contributed by atoms with Crippen LogP contribution in [0.15, 0.2) is 6.07 Å². The van der Waals surface area contributed by atoms with Gasteiger partial charge in [-0.2, -0.15) is 0 Å². The van der Waals surface area contributed by atoms with Gasteiger partial charge in [0.05, 0.1) is 22.7 Å². The summed E-state index contributed by atoms with van der Waals surface area (Å²) < 4.78 is 10.7.